The molecule has 1 aliphatic heterocycles. The molecule has 4 rings (SSSR count). The molecule has 0 aliphatic carbocycles. The van der Waals surface area contributed by atoms with Gasteiger partial charge in [-0.25, -0.2) is 4.68 Å². The van der Waals surface area contributed by atoms with Crippen molar-refractivity contribution in [2.75, 3.05) is 13.7 Å². The number of fused-ring (bicyclic) bond motifs is 1. The second-order valence-corrected chi connectivity index (χ2v) is 7.47. The van der Waals surface area contributed by atoms with Crippen molar-refractivity contribution in [2.45, 2.75) is 32.0 Å². The van der Waals surface area contributed by atoms with E-state index in [0.29, 0.717) is 32.6 Å². The molecule has 2 aromatic carbocycles. The Labute approximate surface area is 176 Å². The van der Waals surface area contributed by atoms with Crippen LogP contribution in [0.5, 0.6) is 5.75 Å². The quantitative estimate of drug-likeness (QED) is 0.721. The highest BCUT2D eigenvalue weighted by molar-refractivity contribution is 5.79. The molecule has 0 radical (unpaired) electrons. The van der Waals surface area contributed by atoms with Crippen molar-refractivity contribution in [3.8, 4) is 5.75 Å². The highest BCUT2D eigenvalue weighted by atomic mass is 16.5. The number of methoxy groups -OCH3 is 1. The van der Waals surface area contributed by atoms with E-state index in [-0.39, 0.29) is 17.9 Å². The Balaban J connectivity index is 1.58. The van der Waals surface area contributed by atoms with E-state index >= 15 is 0 Å². The van der Waals surface area contributed by atoms with Gasteiger partial charge in [-0.3, -0.25) is 4.79 Å². The molecule has 2 heterocycles. The SMILES string of the molecule is COc1ccc(C[C@@H]2CCn3nncc3COC[C@H](c3ccccc3)NC2=O)cc1. The van der Waals surface area contributed by atoms with Crippen LogP contribution in [0.4, 0.5) is 0 Å². The van der Waals surface area contributed by atoms with Gasteiger partial charge in [0.1, 0.15) is 5.75 Å². The number of benzene rings is 2. The molecule has 0 saturated heterocycles. The molecular weight excluding hydrogens is 380 g/mol. The van der Waals surface area contributed by atoms with Crippen LogP contribution in [0, 0.1) is 5.92 Å². The Morgan fingerprint density at radius 3 is 2.73 bits per heavy atom. The summed E-state index contributed by atoms with van der Waals surface area (Å²) in [4.78, 5) is 13.3. The number of carbonyl (C=O) groups is 1. The van der Waals surface area contributed by atoms with E-state index in [0.717, 1.165) is 22.6 Å². The fourth-order valence-corrected chi connectivity index (χ4v) is 3.71. The summed E-state index contributed by atoms with van der Waals surface area (Å²) in [5, 5.41) is 11.4. The number of nitrogens with one attached hydrogen (secondary N) is 1. The predicted molar refractivity (Wildman–Crippen MR) is 112 cm³/mol. The summed E-state index contributed by atoms with van der Waals surface area (Å²) in [5.74, 6) is 0.630. The van der Waals surface area contributed by atoms with Crippen molar-refractivity contribution in [1.82, 2.24) is 20.3 Å². The van der Waals surface area contributed by atoms with Gasteiger partial charge >= 0.3 is 0 Å². The second-order valence-electron chi connectivity index (χ2n) is 7.47. The van der Waals surface area contributed by atoms with Crippen LogP contribution in [0.15, 0.2) is 60.8 Å². The lowest BCUT2D eigenvalue weighted by molar-refractivity contribution is -0.126. The topological polar surface area (TPSA) is 78.3 Å². The van der Waals surface area contributed by atoms with Gasteiger partial charge in [0, 0.05) is 12.5 Å². The van der Waals surface area contributed by atoms with Gasteiger partial charge in [-0.2, -0.15) is 0 Å². The number of hydrogen-bond acceptors (Lipinski definition) is 5. The number of amides is 1. The van der Waals surface area contributed by atoms with Crippen molar-refractivity contribution < 1.29 is 14.3 Å². The first-order valence-electron chi connectivity index (χ1n) is 10.2. The molecule has 0 fully saturated rings. The standard InChI is InChI=1S/C23H26N4O3/c1-29-21-9-7-17(8-10-21)13-19-11-12-27-20(14-24-26-27)15-30-16-22(25-23(19)28)18-5-3-2-4-6-18/h2-10,14,19,22H,11-13,15-16H2,1H3,(H,25,28)/t19-,22+/m0/s1. The smallest absolute Gasteiger partial charge is 0.224 e. The maximum absolute atomic E-state index is 13.3. The zero-order chi connectivity index (χ0) is 20.8. The lowest BCUT2D eigenvalue weighted by atomic mass is 9.94. The molecule has 0 spiro atoms. The van der Waals surface area contributed by atoms with E-state index in [4.69, 9.17) is 9.47 Å². The van der Waals surface area contributed by atoms with Gasteiger partial charge < -0.3 is 14.8 Å². The molecule has 1 aliphatic rings. The number of hydrogen-bond donors (Lipinski definition) is 1. The highest BCUT2D eigenvalue weighted by Gasteiger charge is 2.24. The minimum absolute atomic E-state index is 0.0202. The van der Waals surface area contributed by atoms with E-state index < -0.39 is 0 Å². The maximum atomic E-state index is 13.3. The maximum Gasteiger partial charge on any atom is 0.224 e. The van der Waals surface area contributed by atoms with Crippen molar-refractivity contribution in [3.63, 3.8) is 0 Å². The summed E-state index contributed by atoms with van der Waals surface area (Å²) < 4.78 is 13.0. The van der Waals surface area contributed by atoms with Crippen LogP contribution >= 0.6 is 0 Å². The number of ether oxygens (including phenoxy) is 2. The van der Waals surface area contributed by atoms with Crippen LogP contribution in [0.25, 0.3) is 0 Å². The summed E-state index contributed by atoms with van der Waals surface area (Å²) >= 11 is 0. The monoisotopic (exact) mass is 406 g/mol. The number of carbonyl (C=O) groups excluding carboxylic acids is 1. The van der Waals surface area contributed by atoms with Crippen LogP contribution in [-0.2, 0) is 29.1 Å². The number of nitrogens with zero attached hydrogens (tertiary/aromatic N) is 3. The van der Waals surface area contributed by atoms with Gasteiger partial charge in [-0.05, 0) is 36.1 Å². The van der Waals surface area contributed by atoms with Crippen molar-refractivity contribution >= 4 is 5.91 Å². The molecule has 2 atom stereocenters. The Morgan fingerprint density at radius 1 is 1.17 bits per heavy atom. The first-order valence-corrected chi connectivity index (χ1v) is 10.2. The summed E-state index contributed by atoms with van der Waals surface area (Å²) in [6.45, 7) is 1.41. The average molecular weight is 406 g/mol. The summed E-state index contributed by atoms with van der Waals surface area (Å²) in [6, 6.07) is 17.6. The van der Waals surface area contributed by atoms with E-state index in [1.165, 1.54) is 0 Å². The van der Waals surface area contributed by atoms with Crippen molar-refractivity contribution in [1.29, 1.82) is 0 Å². The molecule has 1 N–H and O–H groups in total. The van der Waals surface area contributed by atoms with E-state index in [9.17, 15) is 4.79 Å². The summed E-state index contributed by atoms with van der Waals surface area (Å²) in [6.07, 6.45) is 3.03. The Hall–Kier alpha value is -3.19. The van der Waals surface area contributed by atoms with Gasteiger partial charge in [0.25, 0.3) is 0 Å². The third-order valence-electron chi connectivity index (χ3n) is 5.45. The molecule has 1 aromatic heterocycles. The van der Waals surface area contributed by atoms with Crippen LogP contribution in [-0.4, -0.2) is 34.6 Å². The van der Waals surface area contributed by atoms with E-state index in [2.05, 4.69) is 15.6 Å². The minimum Gasteiger partial charge on any atom is -0.497 e. The van der Waals surface area contributed by atoms with Crippen molar-refractivity contribution in [3.05, 3.63) is 77.6 Å². The molecule has 0 unspecified atom stereocenters. The predicted octanol–water partition coefficient (Wildman–Crippen LogP) is 2.92. The molecular formula is C23H26N4O3. The summed E-state index contributed by atoms with van der Waals surface area (Å²) in [5.41, 5.74) is 3.04. The largest absolute Gasteiger partial charge is 0.497 e. The van der Waals surface area contributed by atoms with Gasteiger partial charge in [0.15, 0.2) is 0 Å². The van der Waals surface area contributed by atoms with Gasteiger partial charge in [-0.15, -0.1) is 5.10 Å². The van der Waals surface area contributed by atoms with Gasteiger partial charge in [0.05, 0.1) is 38.3 Å². The average Bonchev–Trinajstić information content (AvgIpc) is 3.23. The Morgan fingerprint density at radius 2 is 1.97 bits per heavy atom. The van der Waals surface area contributed by atoms with Crippen LogP contribution in [0.1, 0.15) is 29.3 Å². The molecule has 3 aromatic rings. The lowest BCUT2D eigenvalue weighted by Gasteiger charge is -2.23. The van der Waals surface area contributed by atoms with Gasteiger partial charge in [-0.1, -0.05) is 47.7 Å². The fourth-order valence-electron chi connectivity index (χ4n) is 3.71. The Bertz CT molecular complexity index is 956. The van der Waals surface area contributed by atoms with Crippen LogP contribution in [0.2, 0.25) is 0 Å². The molecule has 156 valence electrons. The van der Waals surface area contributed by atoms with E-state index in [1.54, 1.807) is 13.3 Å². The molecule has 1 amide bonds. The second kappa shape index (κ2) is 9.54. The molecule has 7 nitrogen and oxygen atoms in total. The minimum atomic E-state index is -0.209. The van der Waals surface area contributed by atoms with Crippen LogP contribution < -0.4 is 10.1 Å². The fraction of sp³-hybridized carbons (Fsp3) is 0.348. The third kappa shape index (κ3) is 4.86. The van der Waals surface area contributed by atoms with E-state index in [1.807, 2.05) is 59.3 Å². The first-order chi connectivity index (χ1) is 14.7. The number of rotatable bonds is 4. The zero-order valence-electron chi connectivity index (χ0n) is 17.0. The van der Waals surface area contributed by atoms with Gasteiger partial charge in [0.2, 0.25) is 5.91 Å². The zero-order valence-corrected chi connectivity index (χ0v) is 17.0. The number of aryl methyl sites for hydroxylation is 1. The molecule has 0 saturated carbocycles. The van der Waals surface area contributed by atoms with Crippen molar-refractivity contribution in [2.24, 2.45) is 5.92 Å². The normalized spacial score (nSPS) is 20.0. The molecule has 0 bridgehead atoms. The lowest BCUT2D eigenvalue weighted by Crippen LogP contribution is -2.37. The molecule has 7 heteroatoms. The first kappa shape index (κ1) is 20.1. The molecule has 30 heavy (non-hydrogen) atoms. The number of aromatic nitrogens is 3. The summed E-state index contributed by atoms with van der Waals surface area (Å²) in [7, 11) is 1.65. The third-order valence-corrected chi connectivity index (χ3v) is 5.45. The highest BCUT2D eigenvalue weighted by Crippen LogP contribution is 2.21. The van der Waals surface area contributed by atoms with Crippen LogP contribution in [0.3, 0.4) is 0 Å². The Kier molecular flexibility index (Phi) is 6.39.